The SMILES string of the molecule is CCc1nc2cc(C)c(C)cc2n1CCCN. The maximum Gasteiger partial charge on any atom is 0.109 e. The molecule has 0 saturated heterocycles. The summed E-state index contributed by atoms with van der Waals surface area (Å²) in [5, 5.41) is 0. The van der Waals surface area contributed by atoms with Gasteiger partial charge in [-0.1, -0.05) is 6.92 Å². The second-order valence-corrected chi connectivity index (χ2v) is 4.60. The van der Waals surface area contributed by atoms with E-state index in [1.807, 2.05) is 0 Å². The minimum atomic E-state index is 0.730. The summed E-state index contributed by atoms with van der Waals surface area (Å²) < 4.78 is 2.31. The van der Waals surface area contributed by atoms with Crippen molar-refractivity contribution in [3.63, 3.8) is 0 Å². The van der Waals surface area contributed by atoms with E-state index in [0.717, 1.165) is 31.4 Å². The zero-order valence-electron chi connectivity index (χ0n) is 11.0. The first-order valence-corrected chi connectivity index (χ1v) is 6.33. The minimum Gasteiger partial charge on any atom is -0.330 e. The van der Waals surface area contributed by atoms with Gasteiger partial charge in [0.1, 0.15) is 5.82 Å². The van der Waals surface area contributed by atoms with Crippen LogP contribution in [0.5, 0.6) is 0 Å². The number of fused-ring (bicyclic) bond motifs is 1. The maximum absolute atomic E-state index is 5.60. The van der Waals surface area contributed by atoms with Crippen LogP contribution in [-0.4, -0.2) is 16.1 Å². The molecule has 0 atom stereocenters. The van der Waals surface area contributed by atoms with Crippen LogP contribution in [-0.2, 0) is 13.0 Å². The highest BCUT2D eigenvalue weighted by atomic mass is 15.1. The molecule has 2 N–H and O–H groups in total. The van der Waals surface area contributed by atoms with Crippen molar-refractivity contribution in [1.82, 2.24) is 9.55 Å². The number of nitrogens with zero attached hydrogens (tertiary/aromatic N) is 2. The molecule has 0 bridgehead atoms. The molecule has 0 aliphatic rings. The molecular weight excluding hydrogens is 210 g/mol. The Morgan fingerprint density at radius 1 is 1.24 bits per heavy atom. The second-order valence-electron chi connectivity index (χ2n) is 4.60. The van der Waals surface area contributed by atoms with Crippen LogP contribution in [0.25, 0.3) is 11.0 Å². The number of aromatic nitrogens is 2. The van der Waals surface area contributed by atoms with Crippen molar-refractivity contribution < 1.29 is 0 Å². The fraction of sp³-hybridized carbons (Fsp3) is 0.500. The smallest absolute Gasteiger partial charge is 0.109 e. The zero-order valence-corrected chi connectivity index (χ0v) is 11.0. The van der Waals surface area contributed by atoms with Crippen LogP contribution < -0.4 is 5.73 Å². The molecular formula is C14H21N3. The normalized spacial score (nSPS) is 11.3. The molecule has 0 fully saturated rings. The quantitative estimate of drug-likeness (QED) is 0.879. The van der Waals surface area contributed by atoms with E-state index in [1.165, 1.54) is 22.5 Å². The molecule has 0 saturated carbocycles. The van der Waals surface area contributed by atoms with Crippen LogP contribution in [0, 0.1) is 13.8 Å². The van der Waals surface area contributed by atoms with Gasteiger partial charge in [0.25, 0.3) is 0 Å². The van der Waals surface area contributed by atoms with Gasteiger partial charge in [-0.25, -0.2) is 4.98 Å². The maximum atomic E-state index is 5.60. The third-order valence-corrected chi connectivity index (χ3v) is 3.34. The second kappa shape index (κ2) is 4.88. The lowest BCUT2D eigenvalue weighted by Gasteiger charge is -2.07. The van der Waals surface area contributed by atoms with Gasteiger partial charge in [0, 0.05) is 13.0 Å². The lowest BCUT2D eigenvalue weighted by atomic mass is 10.1. The van der Waals surface area contributed by atoms with E-state index in [-0.39, 0.29) is 0 Å². The van der Waals surface area contributed by atoms with Crippen molar-refractivity contribution >= 4 is 11.0 Å². The lowest BCUT2D eigenvalue weighted by Crippen LogP contribution is -2.08. The number of benzene rings is 1. The van der Waals surface area contributed by atoms with E-state index in [1.54, 1.807) is 0 Å². The van der Waals surface area contributed by atoms with Gasteiger partial charge in [0.2, 0.25) is 0 Å². The number of hydrogen-bond donors (Lipinski definition) is 1. The number of nitrogens with two attached hydrogens (primary N) is 1. The first-order valence-electron chi connectivity index (χ1n) is 6.33. The molecule has 17 heavy (non-hydrogen) atoms. The Kier molecular flexibility index (Phi) is 3.48. The zero-order chi connectivity index (χ0) is 12.4. The summed E-state index contributed by atoms with van der Waals surface area (Å²) in [7, 11) is 0. The van der Waals surface area contributed by atoms with Crippen LogP contribution in [0.3, 0.4) is 0 Å². The number of hydrogen-bond acceptors (Lipinski definition) is 2. The first kappa shape index (κ1) is 12.1. The third kappa shape index (κ3) is 2.20. The van der Waals surface area contributed by atoms with Crippen LogP contribution in [0.4, 0.5) is 0 Å². The Labute approximate surface area is 103 Å². The van der Waals surface area contributed by atoms with Crippen molar-refractivity contribution in [1.29, 1.82) is 0 Å². The van der Waals surface area contributed by atoms with Gasteiger partial charge >= 0.3 is 0 Å². The predicted molar refractivity (Wildman–Crippen MR) is 72.3 cm³/mol. The average molecular weight is 231 g/mol. The highest BCUT2D eigenvalue weighted by Crippen LogP contribution is 2.21. The molecule has 0 radical (unpaired) electrons. The molecule has 1 aromatic carbocycles. The van der Waals surface area contributed by atoms with E-state index in [9.17, 15) is 0 Å². The highest BCUT2D eigenvalue weighted by molar-refractivity contribution is 5.78. The van der Waals surface area contributed by atoms with Gasteiger partial charge in [0.05, 0.1) is 11.0 Å². The first-order chi connectivity index (χ1) is 8.17. The molecule has 1 aromatic heterocycles. The fourth-order valence-electron chi connectivity index (χ4n) is 2.20. The summed E-state index contributed by atoms with van der Waals surface area (Å²) in [5.41, 5.74) is 10.6. The van der Waals surface area contributed by atoms with Gasteiger partial charge in [0.15, 0.2) is 0 Å². The third-order valence-electron chi connectivity index (χ3n) is 3.34. The van der Waals surface area contributed by atoms with E-state index in [4.69, 9.17) is 10.7 Å². The Morgan fingerprint density at radius 3 is 2.59 bits per heavy atom. The molecule has 0 aliphatic carbocycles. The van der Waals surface area contributed by atoms with Gasteiger partial charge in [-0.15, -0.1) is 0 Å². The standard InChI is InChI=1S/C14H21N3/c1-4-14-16-12-8-10(2)11(3)9-13(12)17(14)7-5-6-15/h8-9H,4-7,15H2,1-3H3. The lowest BCUT2D eigenvalue weighted by molar-refractivity contribution is 0.636. The van der Waals surface area contributed by atoms with Crippen molar-refractivity contribution in [2.24, 2.45) is 5.73 Å². The van der Waals surface area contributed by atoms with Crippen molar-refractivity contribution in [3.05, 3.63) is 29.1 Å². The molecule has 92 valence electrons. The Balaban J connectivity index is 2.57. The van der Waals surface area contributed by atoms with Crippen molar-refractivity contribution in [2.75, 3.05) is 6.54 Å². The molecule has 2 aromatic rings. The number of aryl methyl sites for hydroxylation is 4. The molecule has 0 aliphatic heterocycles. The predicted octanol–water partition coefficient (Wildman–Crippen LogP) is 2.56. The molecule has 3 nitrogen and oxygen atoms in total. The van der Waals surface area contributed by atoms with Gasteiger partial charge in [-0.05, 0) is 50.1 Å². The van der Waals surface area contributed by atoms with Crippen molar-refractivity contribution in [2.45, 2.75) is 40.2 Å². The molecule has 0 spiro atoms. The summed E-state index contributed by atoms with van der Waals surface area (Å²) in [4.78, 5) is 4.71. The minimum absolute atomic E-state index is 0.730. The number of rotatable bonds is 4. The number of imidazole rings is 1. The molecule has 0 unspecified atom stereocenters. The summed E-state index contributed by atoms with van der Waals surface area (Å²) in [6, 6.07) is 4.43. The summed E-state index contributed by atoms with van der Waals surface area (Å²) in [5.74, 6) is 1.17. The average Bonchev–Trinajstić information content (AvgIpc) is 2.64. The summed E-state index contributed by atoms with van der Waals surface area (Å²) in [6.07, 6.45) is 1.97. The van der Waals surface area contributed by atoms with Gasteiger partial charge in [-0.2, -0.15) is 0 Å². The topological polar surface area (TPSA) is 43.8 Å². The Bertz CT molecular complexity index is 526. The van der Waals surface area contributed by atoms with E-state index in [0.29, 0.717) is 0 Å². The van der Waals surface area contributed by atoms with Gasteiger partial charge in [-0.3, -0.25) is 0 Å². The monoisotopic (exact) mass is 231 g/mol. The molecule has 2 rings (SSSR count). The van der Waals surface area contributed by atoms with E-state index >= 15 is 0 Å². The summed E-state index contributed by atoms with van der Waals surface area (Å²) >= 11 is 0. The van der Waals surface area contributed by atoms with Crippen LogP contribution in [0.1, 0.15) is 30.3 Å². The van der Waals surface area contributed by atoms with Crippen LogP contribution >= 0.6 is 0 Å². The molecule has 3 heteroatoms. The largest absolute Gasteiger partial charge is 0.330 e. The molecule has 0 amide bonds. The van der Waals surface area contributed by atoms with Gasteiger partial charge < -0.3 is 10.3 Å². The van der Waals surface area contributed by atoms with Crippen molar-refractivity contribution in [3.8, 4) is 0 Å². The molecule has 1 heterocycles. The van der Waals surface area contributed by atoms with E-state index < -0.39 is 0 Å². The van der Waals surface area contributed by atoms with E-state index in [2.05, 4.69) is 37.5 Å². The fourth-order valence-corrected chi connectivity index (χ4v) is 2.20. The van der Waals surface area contributed by atoms with Crippen LogP contribution in [0.2, 0.25) is 0 Å². The Morgan fingerprint density at radius 2 is 1.94 bits per heavy atom. The highest BCUT2D eigenvalue weighted by Gasteiger charge is 2.10. The summed E-state index contributed by atoms with van der Waals surface area (Å²) in [6.45, 7) is 8.15. The Hall–Kier alpha value is -1.35. The van der Waals surface area contributed by atoms with Crippen LogP contribution in [0.15, 0.2) is 12.1 Å².